The number of nitrogen functional groups attached to an aromatic ring is 1. The molecule has 1 aromatic heterocycles. The number of rotatable bonds is 4. The predicted octanol–water partition coefficient (Wildman–Crippen LogP) is 3.22. The van der Waals surface area contributed by atoms with Crippen molar-refractivity contribution in [1.29, 1.82) is 0 Å². The molecule has 7 heteroatoms. The quantitative estimate of drug-likeness (QED) is 0.835. The fourth-order valence-corrected chi connectivity index (χ4v) is 4.87. The lowest BCUT2D eigenvalue weighted by molar-refractivity contribution is 0.468. The first-order valence-corrected chi connectivity index (χ1v) is 8.98. The second kappa shape index (κ2) is 5.85. The second-order valence-electron chi connectivity index (χ2n) is 4.48. The van der Waals surface area contributed by atoms with Gasteiger partial charge in [0.1, 0.15) is 0 Å². The Labute approximate surface area is 131 Å². The van der Waals surface area contributed by atoms with Crippen molar-refractivity contribution < 1.29 is 8.42 Å². The van der Waals surface area contributed by atoms with E-state index in [4.69, 9.17) is 5.73 Å². The zero-order valence-electron chi connectivity index (χ0n) is 11.1. The lowest BCUT2D eigenvalue weighted by Crippen LogP contribution is -2.26. The molecule has 0 aliphatic rings. The fourth-order valence-electron chi connectivity index (χ4n) is 1.74. The summed E-state index contributed by atoms with van der Waals surface area (Å²) in [7, 11) is -2.00. The van der Waals surface area contributed by atoms with Gasteiger partial charge in [0.05, 0.1) is 4.90 Å². The zero-order chi connectivity index (χ0) is 14.9. The smallest absolute Gasteiger partial charge is 0.244 e. The van der Waals surface area contributed by atoms with Gasteiger partial charge in [0.2, 0.25) is 10.0 Å². The van der Waals surface area contributed by atoms with Gasteiger partial charge in [0.15, 0.2) is 0 Å². The van der Waals surface area contributed by atoms with Crippen molar-refractivity contribution in [3.8, 4) is 0 Å². The van der Waals surface area contributed by atoms with Gasteiger partial charge in [-0.1, -0.05) is 0 Å². The van der Waals surface area contributed by atoms with Crippen molar-refractivity contribution >= 4 is 43.0 Å². The lowest BCUT2D eigenvalue weighted by Gasteiger charge is -2.18. The molecule has 0 aliphatic heterocycles. The first-order valence-electron chi connectivity index (χ1n) is 5.86. The Balaban J connectivity index is 2.35. The molecule has 0 saturated heterocycles. The van der Waals surface area contributed by atoms with E-state index in [0.717, 1.165) is 10.4 Å². The maximum Gasteiger partial charge on any atom is 0.244 e. The molecule has 0 unspecified atom stereocenters. The lowest BCUT2D eigenvalue weighted by atomic mass is 10.3. The standard InChI is InChI=1S/C13H15BrN2O2S2/c1-9-5-6-19-12(9)8-16(2)20(17,18)13-7-10(15)3-4-11(13)14/h3-7H,8,15H2,1-2H3. The number of sulfonamides is 1. The van der Waals surface area contributed by atoms with Crippen LogP contribution in [0.5, 0.6) is 0 Å². The highest BCUT2D eigenvalue weighted by Crippen LogP contribution is 2.28. The third-order valence-corrected chi connectivity index (χ3v) is 6.78. The number of aryl methyl sites for hydroxylation is 1. The summed E-state index contributed by atoms with van der Waals surface area (Å²) in [5, 5.41) is 1.96. The Morgan fingerprint density at radius 3 is 2.65 bits per heavy atom. The number of anilines is 1. The molecule has 0 bridgehead atoms. The Morgan fingerprint density at radius 1 is 1.35 bits per heavy atom. The van der Waals surface area contributed by atoms with Crippen molar-refractivity contribution in [3.05, 3.63) is 44.6 Å². The Hall–Kier alpha value is -0.890. The Morgan fingerprint density at radius 2 is 2.05 bits per heavy atom. The van der Waals surface area contributed by atoms with Crippen LogP contribution in [0.25, 0.3) is 0 Å². The minimum absolute atomic E-state index is 0.189. The summed E-state index contributed by atoms with van der Waals surface area (Å²) < 4.78 is 27.0. The van der Waals surface area contributed by atoms with Crippen molar-refractivity contribution in [2.24, 2.45) is 0 Å². The molecule has 0 aliphatic carbocycles. The van der Waals surface area contributed by atoms with E-state index >= 15 is 0 Å². The Bertz CT molecular complexity index is 726. The number of nitrogens with zero attached hydrogens (tertiary/aromatic N) is 1. The average molecular weight is 375 g/mol. The summed E-state index contributed by atoms with van der Waals surface area (Å²) in [5.41, 5.74) is 7.21. The van der Waals surface area contributed by atoms with E-state index in [1.54, 1.807) is 30.5 Å². The summed E-state index contributed by atoms with van der Waals surface area (Å²) in [5.74, 6) is 0. The van der Waals surface area contributed by atoms with Gasteiger partial charge >= 0.3 is 0 Å². The number of nitrogens with two attached hydrogens (primary N) is 1. The van der Waals surface area contributed by atoms with Crippen LogP contribution in [0.4, 0.5) is 5.69 Å². The number of benzene rings is 1. The molecule has 4 nitrogen and oxygen atoms in total. The van der Waals surface area contributed by atoms with Gasteiger partial charge in [-0.25, -0.2) is 8.42 Å². The molecular formula is C13H15BrN2O2S2. The normalized spacial score (nSPS) is 12.0. The second-order valence-corrected chi connectivity index (χ2v) is 8.35. The molecule has 108 valence electrons. The highest BCUT2D eigenvalue weighted by molar-refractivity contribution is 9.10. The highest BCUT2D eigenvalue weighted by atomic mass is 79.9. The van der Waals surface area contributed by atoms with E-state index in [0.29, 0.717) is 16.7 Å². The van der Waals surface area contributed by atoms with E-state index in [-0.39, 0.29) is 4.90 Å². The highest BCUT2D eigenvalue weighted by Gasteiger charge is 2.24. The van der Waals surface area contributed by atoms with E-state index in [9.17, 15) is 8.42 Å². The van der Waals surface area contributed by atoms with Crippen LogP contribution in [-0.2, 0) is 16.6 Å². The topological polar surface area (TPSA) is 63.4 Å². The van der Waals surface area contributed by atoms with Gasteiger partial charge < -0.3 is 5.73 Å². The van der Waals surface area contributed by atoms with Crippen molar-refractivity contribution in [1.82, 2.24) is 4.31 Å². The van der Waals surface area contributed by atoms with Crippen LogP contribution >= 0.6 is 27.3 Å². The summed E-state index contributed by atoms with van der Waals surface area (Å²) in [6.07, 6.45) is 0. The van der Waals surface area contributed by atoms with Crippen LogP contribution < -0.4 is 5.73 Å². The molecule has 2 N–H and O–H groups in total. The molecule has 2 aromatic rings. The maximum atomic E-state index is 12.6. The van der Waals surface area contributed by atoms with Crippen molar-refractivity contribution in [2.45, 2.75) is 18.4 Å². The molecule has 0 atom stereocenters. The van der Waals surface area contributed by atoms with Crippen LogP contribution in [0.3, 0.4) is 0 Å². The van der Waals surface area contributed by atoms with E-state index in [1.807, 2.05) is 18.4 Å². The Kier molecular flexibility index (Phi) is 4.53. The van der Waals surface area contributed by atoms with Gasteiger partial charge in [0.25, 0.3) is 0 Å². The summed E-state index contributed by atoms with van der Waals surface area (Å²) in [6.45, 7) is 2.33. The first-order chi connectivity index (χ1) is 9.32. The number of halogens is 1. The molecule has 1 aromatic carbocycles. The average Bonchev–Trinajstić information content (AvgIpc) is 2.78. The minimum Gasteiger partial charge on any atom is -0.399 e. The molecular weight excluding hydrogens is 360 g/mol. The minimum atomic E-state index is -3.57. The molecule has 0 spiro atoms. The number of hydrogen-bond donors (Lipinski definition) is 1. The van der Waals surface area contributed by atoms with Crippen LogP contribution in [0.15, 0.2) is 39.0 Å². The molecule has 0 fully saturated rings. The maximum absolute atomic E-state index is 12.6. The fraction of sp³-hybridized carbons (Fsp3) is 0.231. The predicted molar refractivity (Wildman–Crippen MR) is 86.3 cm³/mol. The molecule has 0 radical (unpaired) electrons. The van der Waals surface area contributed by atoms with Crippen molar-refractivity contribution in [3.63, 3.8) is 0 Å². The van der Waals surface area contributed by atoms with Crippen LogP contribution in [0.1, 0.15) is 10.4 Å². The van der Waals surface area contributed by atoms with E-state index < -0.39 is 10.0 Å². The largest absolute Gasteiger partial charge is 0.399 e. The van der Waals surface area contributed by atoms with Crippen LogP contribution in [0.2, 0.25) is 0 Å². The molecule has 1 heterocycles. The molecule has 0 amide bonds. The molecule has 20 heavy (non-hydrogen) atoms. The monoisotopic (exact) mass is 374 g/mol. The summed E-state index contributed by atoms with van der Waals surface area (Å²) >= 11 is 4.82. The van der Waals surface area contributed by atoms with Crippen LogP contribution in [-0.4, -0.2) is 19.8 Å². The molecule has 2 rings (SSSR count). The zero-order valence-corrected chi connectivity index (χ0v) is 14.3. The van der Waals surface area contributed by atoms with E-state index in [1.165, 1.54) is 10.4 Å². The van der Waals surface area contributed by atoms with Gasteiger partial charge in [-0.15, -0.1) is 11.3 Å². The third-order valence-electron chi connectivity index (χ3n) is 2.98. The van der Waals surface area contributed by atoms with Gasteiger partial charge in [-0.05, 0) is 58.1 Å². The summed E-state index contributed by atoms with van der Waals surface area (Å²) in [4.78, 5) is 1.23. The molecule has 0 saturated carbocycles. The summed E-state index contributed by atoms with van der Waals surface area (Å²) in [6, 6.07) is 6.76. The first kappa shape index (κ1) is 15.5. The SMILES string of the molecule is Cc1ccsc1CN(C)S(=O)(=O)c1cc(N)ccc1Br. The van der Waals surface area contributed by atoms with Crippen LogP contribution in [0, 0.1) is 6.92 Å². The number of hydrogen-bond acceptors (Lipinski definition) is 4. The van der Waals surface area contributed by atoms with E-state index in [2.05, 4.69) is 15.9 Å². The number of thiophene rings is 1. The van der Waals surface area contributed by atoms with Crippen molar-refractivity contribution in [2.75, 3.05) is 12.8 Å². The van der Waals surface area contributed by atoms with Gasteiger partial charge in [0, 0.05) is 28.6 Å². The van der Waals surface area contributed by atoms with Gasteiger partial charge in [-0.2, -0.15) is 4.31 Å². The third kappa shape index (κ3) is 3.06. The van der Waals surface area contributed by atoms with Gasteiger partial charge in [-0.3, -0.25) is 0 Å².